The number of hydrogen-bond acceptors (Lipinski definition) is 5. The third-order valence-electron chi connectivity index (χ3n) is 4.80. The lowest BCUT2D eigenvalue weighted by Gasteiger charge is -2.23. The van der Waals surface area contributed by atoms with Gasteiger partial charge in [-0.1, -0.05) is 30.7 Å². The van der Waals surface area contributed by atoms with E-state index in [4.69, 9.17) is 16.3 Å². The molecule has 0 amide bonds. The number of esters is 1. The monoisotopic (exact) mass is 375 g/mol. The maximum Gasteiger partial charge on any atom is 0.340 e. The van der Waals surface area contributed by atoms with Crippen LogP contribution in [0.2, 0.25) is 5.02 Å². The molecule has 1 unspecified atom stereocenters. The minimum atomic E-state index is -0.531. The van der Waals surface area contributed by atoms with Crippen LogP contribution in [0.5, 0.6) is 0 Å². The van der Waals surface area contributed by atoms with E-state index < -0.39 is 11.5 Å². The number of hydrogen-bond donors (Lipinski definition) is 0. The fourth-order valence-corrected chi connectivity index (χ4v) is 3.51. The smallest absolute Gasteiger partial charge is 0.340 e. The standard InChI is InChI=1S/C19H22ClN3O3/c1-13-6-5-10-22(11-9-13)16-12-21-23(18(24)17(16)20)15-8-4-3-7-14(15)19(25)26-2/h3-4,7-8,12-13H,5-6,9-11H2,1-2H3. The summed E-state index contributed by atoms with van der Waals surface area (Å²) in [6.07, 6.45) is 4.90. The van der Waals surface area contributed by atoms with Gasteiger partial charge in [0.15, 0.2) is 0 Å². The number of carbonyl (C=O) groups excluding carboxylic acids is 1. The number of carbonyl (C=O) groups is 1. The summed E-state index contributed by atoms with van der Waals surface area (Å²) in [5.41, 5.74) is 0.815. The van der Waals surface area contributed by atoms with Crippen molar-refractivity contribution in [2.24, 2.45) is 5.92 Å². The quantitative estimate of drug-likeness (QED) is 0.770. The topological polar surface area (TPSA) is 64.4 Å². The molecule has 1 aliphatic rings. The number of nitrogens with zero attached hydrogens (tertiary/aromatic N) is 3. The Morgan fingerprint density at radius 1 is 1.23 bits per heavy atom. The van der Waals surface area contributed by atoms with Crippen LogP contribution in [-0.2, 0) is 4.74 Å². The molecule has 0 N–H and O–H groups in total. The van der Waals surface area contributed by atoms with Crippen molar-refractivity contribution in [2.75, 3.05) is 25.1 Å². The lowest BCUT2D eigenvalue weighted by atomic mass is 10.0. The highest BCUT2D eigenvalue weighted by molar-refractivity contribution is 6.33. The third-order valence-corrected chi connectivity index (χ3v) is 5.15. The summed E-state index contributed by atoms with van der Waals surface area (Å²) in [7, 11) is 1.30. The number of benzene rings is 1. The molecule has 2 heterocycles. The van der Waals surface area contributed by atoms with Crippen LogP contribution in [-0.4, -0.2) is 35.9 Å². The molecule has 1 aliphatic heterocycles. The summed E-state index contributed by atoms with van der Waals surface area (Å²) < 4.78 is 5.94. The van der Waals surface area contributed by atoms with E-state index in [-0.39, 0.29) is 10.6 Å². The maximum absolute atomic E-state index is 12.8. The zero-order valence-electron chi connectivity index (χ0n) is 14.9. The first-order chi connectivity index (χ1) is 12.5. The van der Waals surface area contributed by atoms with Gasteiger partial charge in [0.05, 0.1) is 30.2 Å². The molecule has 26 heavy (non-hydrogen) atoms. The van der Waals surface area contributed by atoms with Gasteiger partial charge in [0, 0.05) is 13.1 Å². The van der Waals surface area contributed by atoms with Crippen LogP contribution in [0.4, 0.5) is 5.69 Å². The molecule has 3 rings (SSSR count). The van der Waals surface area contributed by atoms with Gasteiger partial charge in [0.25, 0.3) is 5.56 Å². The largest absolute Gasteiger partial charge is 0.465 e. The summed E-state index contributed by atoms with van der Waals surface area (Å²) >= 11 is 6.41. The van der Waals surface area contributed by atoms with Crippen LogP contribution >= 0.6 is 11.6 Å². The molecule has 0 saturated carbocycles. The molecule has 1 saturated heterocycles. The summed E-state index contributed by atoms with van der Waals surface area (Å²) in [5.74, 6) is 0.134. The molecule has 0 radical (unpaired) electrons. The van der Waals surface area contributed by atoms with Crippen LogP contribution in [0.25, 0.3) is 5.69 Å². The van der Waals surface area contributed by atoms with E-state index in [0.29, 0.717) is 17.3 Å². The first kappa shape index (κ1) is 18.5. The van der Waals surface area contributed by atoms with Gasteiger partial charge in [-0.25, -0.2) is 4.79 Å². The second-order valence-corrected chi connectivity index (χ2v) is 6.97. The van der Waals surface area contributed by atoms with Gasteiger partial charge in [-0.15, -0.1) is 0 Å². The lowest BCUT2D eigenvalue weighted by molar-refractivity contribution is 0.0600. The van der Waals surface area contributed by atoms with Crippen LogP contribution < -0.4 is 10.5 Å². The van der Waals surface area contributed by atoms with E-state index in [1.54, 1.807) is 30.5 Å². The first-order valence-electron chi connectivity index (χ1n) is 8.73. The van der Waals surface area contributed by atoms with Crippen molar-refractivity contribution in [1.82, 2.24) is 9.78 Å². The van der Waals surface area contributed by atoms with Crippen LogP contribution in [0, 0.1) is 5.92 Å². The Labute approximate surface area is 157 Å². The molecule has 0 bridgehead atoms. The van der Waals surface area contributed by atoms with E-state index in [0.717, 1.165) is 30.6 Å². The number of rotatable bonds is 3. The van der Waals surface area contributed by atoms with Gasteiger partial charge < -0.3 is 9.64 Å². The molecule has 2 aromatic rings. The van der Waals surface area contributed by atoms with Gasteiger partial charge in [-0.2, -0.15) is 9.78 Å². The van der Waals surface area contributed by atoms with E-state index in [2.05, 4.69) is 16.9 Å². The summed E-state index contributed by atoms with van der Waals surface area (Å²) in [5, 5.41) is 4.40. The number of methoxy groups -OCH3 is 1. The van der Waals surface area contributed by atoms with Crippen LogP contribution in [0.15, 0.2) is 35.3 Å². The Balaban J connectivity index is 2.01. The molecule has 138 valence electrons. The van der Waals surface area contributed by atoms with Crippen molar-refractivity contribution in [3.63, 3.8) is 0 Å². The average Bonchev–Trinajstić information content (AvgIpc) is 2.88. The molecule has 7 heteroatoms. The zero-order chi connectivity index (χ0) is 18.7. The van der Waals surface area contributed by atoms with Gasteiger partial charge >= 0.3 is 5.97 Å². The Bertz CT molecular complexity index is 865. The first-order valence-corrected chi connectivity index (χ1v) is 9.11. The van der Waals surface area contributed by atoms with Crippen LogP contribution in [0.1, 0.15) is 36.5 Å². The van der Waals surface area contributed by atoms with E-state index in [9.17, 15) is 9.59 Å². The SMILES string of the molecule is COC(=O)c1ccccc1-n1ncc(N2CCCC(C)CC2)c(Cl)c1=O. The molecule has 0 spiro atoms. The molecule has 1 atom stereocenters. The Morgan fingerprint density at radius 2 is 2.00 bits per heavy atom. The molecule has 6 nitrogen and oxygen atoms in total. The van der Waals surface area contributed by atoms with E-state index >= 15 is 0 Å². The summed E-state index contributed by atoms with van der Waals surface area (Å²) in [6.45, 7) is 3.95. The number of anilines is 1. The van der Waals surface area contributed by atoms with Crippen molar-refractivity contribution < 1.29 is 9.53 Å². The predicted molar refractivity (Wildman–Crippen MR) is 101 cm³/mol. The molecular weight excluding hydrogens is 354 g/mol. The second-order valence-electron chi connectivity index (χ2n) is 6.59. The fourth-order valence-electron chi connectivity index (χ4n) is 3.26. The molecule has 1 fully saturated rings. The van der Waals surface area contributed by atoms with Crippen molar-refractivity contribution in [3.8, 4) is 5.69 Å². The fraction of sp³-hybridized carbons (Fsp3) is 0.421. The minimum absolute atomic E-state index is 0.120. The van der Waals surface area contributed by atoms with Gasteiger partial charge in [-0.05, 0) is 37.3 Å². The summed E-state index contributed by atoms with van der Waals surface area (Å²) in [4.78, 5) is 26.9. The second kappa shape index (κ2) is 7.91. The Morgan fingerprint density at radius 3 is 2.77 bits per heavy atom. The minimum Gasteiger partial charge on any atom is -0.465 e. The molecule has 1 aromatic heterocycles. The van der Waals surface area contributed by atoms with Crippen LogP contribution in [0.3, 0.4) is 0 Å². The van der Waals surface area contributed by atoms with Gasteiger partial charge in [0.2, 0.25) is 0 Å². The molecule has 1 aromatic carbocycles. The third kappa shape index (κ3) is 3.60. The highest BCUT2D eigenvalue weighted by Gasteiger charge is 2.21. The zero-order valence-corrected chi connectivity index (χ0v) is 15.7. The molecular formula is C19H22ClN3O3. The van der Waals surface area contributed by atoms with Crippen molar-refractivity contribution in [3.05, 3.63) is 51.4 Å². The van der Waals surface area contributed by atoms with Gasteiger partial charge in [-0.3, -0.25) is 4.79 Å². The normalized spacial score (nSPS) is 17.7. The predicted octanol–water partition coefficient (Wildman–Crippen LogP) is 3.30. The lowest BCUT2D eigenvalue weighted by Crippen LogP contribution is -2.30. The highest BCUT2D eigenvalue weighted by atomic mass is 35.5. The summed E-state index contributed by atoms with van der Waals surface area (Å²) in [6, 6.07) is 6.67. The Kier molecular flexibility index (Phi) is 5.61. The maximum atomic E-state index is 12.8. The van der Waals surface area contributed by atoms with Crippen molar-refractivity contribution >= 4 is 23.3 Å². The highest BCUT2D eigenvalue weighted by Crippen LogP contribution is 2.26. The molecule has 0 aliphatic carbocycles. The number of ether oxygens (including phenoxy) is 1. The Hall–Kier alpha value is -2.34. The van der Waals surface area contributed by atoms with E-state index in [1.165, 1.54) is 13.5 Å². The number of aromatic nitrogens is 2. The average molecular weight is 376 g/mol. The van der Waals surface area contributed by atoms with Gasteiger partial charge in [0.1, 0.15) is 5.02 Å². The van der Waals surface area contributed by atoms with E-state index in [1.807, 2.05) is 0 Å². The van der Waals surface area contributed by atoms with Crippen molar-refractivity contribution in [2.45, 2.75) is 26.2 Å². The number of halogens is 1. The van der Waals surface area contributed by atoms with Crippen molar-refractivity contribution in [1.29, 1.82) is 0 Å². The number of para-hydroxylation sites is 1.